The van der Waals surface area contributed by atoms with E-state index in [1.165, 1.54) is 13.0 Å². The predicted molar refractivity (Wildman–Crippen MR) is 67.7 cm³/mol. The second-order valence-corrected chi connectivity index (χ2v) is 4.76. The molecule has 0 bridgehead atoms. The first-order chi connectivity index (χ1) is 7.90. The van der Waals surface area contributed by atoms with Gasteiger partial charge in [0.15, 0.2) is 0 Å². The van der Waals surface area contributed by atoms with E-state index < -0.39 is 5.82 Å². The van der Waals surface area contributed by atoms with Crippen molar-refractivity contribution in [2.45, 2.75) is 19.8 Å². The van der Waals surface area contributed by atoms with Gasteiger partial charge in [-0.25, -0.2) is 4.39 Å². The number of hydrogen-bond donors (Lipinski definition) is 1. The lowest BCUT2D eigenvalue weighted by Crippen LogP contribution is -2.13. The smallest absolute Gasteiger partial charge is 0.224 e. The zero-order valence-electron chi connectivity index (χ0n) is 9.02. The summed E-state index contributed by atoms with van der Waals surface area (Å²) in [4.78, 5) is 22.2. The number of benzene rings is 1. The third kappa shape index (κ3) is 4.44. The largest absolute Gasteiger partial charge is 0.324 e. The van der Waals surface area contributed by atoms with Gasteiger partial charge in [-0.15, -0.1) is 0 Å². The van der Waals surface area contributed by atoms with Crippen molar-refractivity contribution in [1.29, 1.82) is 0 Å². The molecule has 0 spiro atoms. The van der Waals surface area contributed by atoms with Gasteiger partial charge in [0.25, 0.3) is 0 Å². The monoisotopic (exact) mass is 321 g/mol. The minimum absolute atomic E-state index is 0.0654. The Balaban J connectivity index is 2.75. The Bertz CT molecular complexity index is 442. The number of nitrogens with one attached hydrogen (secondary N) is 1. The second-order valence-electron chi connectivity index (χ2n) is 3.49. The number of carbonyl (C=O) groups excluding carboxylic acids is 2. The summed E-state index contributed by atoms with van der Waals surface area (Å²) < 4.78 is 13.3. The molecule has 0 unspecified atom stereocenters. The molecule has 1 amide bonds. The molecule has 0 aliphatic carbocycles. The van der Waals surface area contributed by atoms with E-state index in [0.717, 1.165) is 6.07 Å². The Labute approximate surface area is 111 Å². The van der Waals surface area contributed by atoms with Crippen LogP contribution in [0.25, 0.3) is 0 Å². The second kappa shape index (κ2) is 6.12. The molecule has 0 saturated carbocycles. The molecule has 3 nitrogen and oxygen atoms in total. The van der Waals surface area contributed by atoms with Crippen LogP contribution in [-0.2, 0) is 9.59 Å². The highest BCUT2D eigenvalue weighted by Gasteiger charge is 2.11. The van der Waals surface area contributed by atoms with Crippen LogP contribution < -0.4 is 5.32 Å². The van der Waals surface area contributed by atoms with Crippen LogP contribution in [0.3, 0.4) is 0 Å². The van der Waals surface area contributed by atoms with Crippen LogP contribution >= 0.6 is 27.5 Å². The fourth-order valence-electron chi connectivity index (χ4n) is 1.15. The van der Waals surface area contributed by atoms with Crippen LogP contribution in [0.4, 0.5) is 10.1 Å². The van der Waals surface area contributed by atoms with Gasteiger partial charge in [-0.2, -0.15) is 0 Å². The number of Topliss-reactive ketones (excluding diaryl/α,β-unsaturated/α-hetero) is 1. The Morgan fingerprint density at radius 2 is 2.06 bits per heavy atom. The zero-order valence-corrected chi connectivity index (χ0v) is 11.4. The van der Waals surface area contributed by atoms with Gasteiger partial charge in [-0.05, 0) is 35.0 Å². The summed E-state index contributed by atoms with van der Waals surface area (Å²) in [5.41, 5.74) is 0.307. The minimum Gasteiger partial charge on any atom is -0.324 e. The predicted octanol–water partition coefficient (Wildman–Crippen LogP) is 3.55. The molecular formula is C11H10BrClFNO2. The number of carbonyl (C=O) groups is 2. The first-order valence-electron chi connectivity index (χ1n) is 4.84. The van der Waals surface area contributed by atoms with Crippen LogP contribution in [0, 0.1) is 5.82 Å². The van der Waals surface area contributed by atoms with Gasteiger partial charge in [-0.3, -0.25) is 4.79 Å². The van der Waals surface area contributed by atoms with E-state index in [9.17, 15) is 14.0 Å². The highest BCUT2D eigenvalue weighted by molar-refractivity contribution is 9.10. The minimum atomic E-state index is -0.497. The number of amides is 1. The van der Waals surface area contributed by atoms with E-state index in [2.05, 4.69) is 21.2 Å². The maximum Gasteiger partial charge on any atom is 0.224 e. The number of halogens is 3. The molecule has 1 aromatic carbocycles. The molecule has 1 rings (SSSR count). The molecule has 0 aromatic heterocycles. The van der Waals surface area contributed by atoms with E-state index in [-0.39, 0.29) is 29.6 Å². The van der Waals surface area contributed by atoms with Crippen molar-refractivity contribution in [1.82, 2.24) is 0 Å². The molecule has 0 saturated heterocycles. The van der Waals surface area contributed by atoms with E-state index in [1.807, 2.05) is 0 Å². The van der Waals surface area contributed by atoms with Crippen molar-refractivity contribution < 1.29 is 14.0 Å². The van der Waals surface area contributed by atoms with Gasteiger partial charge in [0.05, 0.1) is 10.7 Å². The Kier molecular flexibility index (Phi) is 5.08. The van der Waals surface area contributed by atoms with Crippen molar-refractivity contribution in [3.8, 4) is 0 Å². The fourth-order valence-corrected chi connectivity index (χ4v) is 2.05. The van der Waals surface area contributed by atoms with E-state index >= 15 is 0 Å². The van der Waals surface area contributed by atoms with Crippen LogP contribution in [0.1, 0.15) is 19.8 Å². The Morgan fingerprint density at radius 1 is 1.41 bits per heavy atom. The summed E-state index contributed by atoms with van der Waals surface area (Å²) in [6, 6.07) is 2.30. The molecular weight excluding hydrogens is 312 g/mol. The lowest BCUT2D eigenvalue weighted by atomic mass is 10.2. The average molecular weight is 323 g/mol. The average Bonchev–Trinajstić information content (AvgIpc) is 2.20. The summed E-state index contributed by atoms with van der Waals surface area (Å²) in [7, 11) is 0. The van der Waals surface area contributed by atoms with Crippen molar-refractivity contribution in [2.75, 3.05) is 5.32 Å². The molecule has 1 N–H and O–H groups in total. The summed E-state index contributed by atoms with van der Waals surface area (Å²) >= 11 is 8.89. The summed E-state index contributed by atoms with van der Waals surface area (Å²) in [5.74, 6) is -0.901. The molecule has 0 aliphatic heterocycles. The lowest BCUT2D eigenvalue weighted by Gasteiger charge is -2.09. The molecule has 0 atom stereocenters. The molecule has 0 radical (unpaired) electrons. The van der Waals surface area contributed by atoms with Crippen molar-refractivity contribution in [3.63, 3.8) is 0 Å². The van der Waals surface area contributed by atoms with Crippen LogP contribution in [0.15, 0.2) is 16.6 Å². The van der Waals surface area contributed by atoms with Crippen LogP contribution in [0.2, 0.25) is 5.02 Å². The first kappa shape index (κ1) is 14.1. The maximum absolute atomic E-state index is 12.9. The van der Waals surface area contributed by atoms with Crippen molar-refractivity contribution in [3.05, 3.63) is 27.4 Å². The third-order valence-electron chi connectivity index (χ3n) is 1.98. The number of hydrogen-bond acceptors (Lipinski definition) is 2. The quantitative estimate of drug-likeness (QED) is 0.921. The van der Waals surface area contributed by atoms with E-state index in [0.29, 0.717) is 10.2 Å². The molecule has 92 valence electrons. The number of rotatable bonds is 4. The molecule has 0 heterocycles. The standard InChI is InChI=1S/C11H10BrClFNO2/c1-6(16)2-3-10(17)15-11-8(12)4-7(14)5-9(11)13/h4-5H,2-3H2,1H3,(H,15,17). The van der Waals surface area contributed by atoms with Crippen molar-refractivity contribution >= 4 is 44.9 Å². The SMILES string of the molecule is CC(=O)CCC(=O)Nc1c(Cl)cc(F)cc1Br. The number of ketones is 1. The highest BCUT2D eigenvalue weighted by Crippen LogP contribution is 2.31. The van der Waals surface area contributed by atoms with Gasteiger partial charge < -0.3 is 10.1 Å². The van der Waals surface area contributed by atoms with Gasteiger partial charge in [0, 0.05) is 17.3 Å². The zero-order chi connectivity index (χ0) is 13.0. The van der Waals surface area contributed by atoms with Gasteiger partial charge in [-0.1, -0.05) is 11.6 Å². The van der Waals surface area contributed by atoms with Gasteiger partial charge >= 0.3 is 0 Å². The Hall–Kier alpha value is -0.940. The van der Waals surface area contributed by atoms with Crippen LogP contribution in [0.5, 0.6) is 0 Å². The lowest BCUT2D eigenvalue weighted by molar-refractivity contribution is -0.121. The molecule has 0 aliphatic rings. The summed E-state index contributed by atoms with van der Waals surface area (Å²) in [6.45, 7) is 1.41. The highest BCUT2D eigenvalue weighted by atomic mass is 79.9. The summed E-state index contributed by atoms with van der Waals surface area (Å²) in [6.07, 6.45) is 0.248. The topological polar surface area (TPSA) is 46.2 Å². The fraction of sp³-hybridized carbons (Fsp3) is 0.273. The molecule has 17 heavy (non-hydrogen) atoms. The summed E-state index contributed by atoms with van der Waals surface area (Å²) in [5, 5.41) is 2.63. The normalized spacial score (nSPS) is 10.1. The Morgan fingerprint density at radius 3 is 2.59 bits per heavy atom. The maximum atomic E-state index is 12.9. The third-order valence-corrected chi connectivity index (χ3v) is 2.90. The van der Waals surface area contributed by atoms with Crippen LogP contribution in [-0.4, -0.2) is 11.7 Å². The number of anilines is 1. The molecule has 0 fully saturated rings. The van der Waals surface area contributed by atoms with E-state index in [1.54, 1.807) is 0 Å². The van der Waals surface area contributed by atoms with Crippen molar-refractivity contribution in [2.24, 2.45) is 0 Å². The first-order valence-corrected chi connectivity index (χ1v) is 6.01. The molecule has 1 aromatic rings. The molecule has 6 heteroatoms. The van der Waals surface area contributed by atoms with Gasteiger partial charge in [0.2, 0.25) is 5.91 Å². The van der Waals surface area contributed by atoms with E-state index in [4.69, 9.17) is 11.6 Å². The van der Waals surface area contributed by atoms with Gasteiger partial charge in [0.1, 0.15) is 11.6 Å².